The number of hydrogen-bond acceptors (Lipinski definition) is 8. The number of azide groups is 1. The largest absolute Gasteiger partial charge is 0.455 e. The van der Waals surface area contributed by atoms with Gasteiger partial charge in [-0.15, -0.1) is 0 Å². The van der Waals surface area contributed by atoms with Crippen LogP contribution in [0.15, 0.2) is 70.7 Å². The Kier molecular flexibility index (Phi) is 7.25. The van der Waals surface area contributed by atoms with Crippen molar-refractivity contribution in [1.29, 1.82) is 0 Å². The van der Waals surface area contributed by atoms with Gasteiger partial charge in [0.05, 0.1) is 18.1 Å². The molecule has 0 aliphatic carbocycles. The normalized spacial score (nSPS) is 33.6. The minimum Gasteiger partial charge on any atom is -0.455 e. The average Bonchev–Trinajstić information content (AvgIpc) is 3.20. The van der Waals surface area contributed by atoms with Crippen molar-refractivity contribution in [2.75, 3.05) is 6.61 Å². The topological polar surface area (TPSA) is 112 Å². The van der Waals surface area contributed by atoms with Crippen molar-refractivity contribution >= 4 is 17.7 Å². The fourth-order valence-corrected chi connectivity index (χ4v) is 5.67. The van der Waals surface area contributed by atoms with Gasteiger partial charge in [-0.3, -0.25) is 4.79 Å². The molecule has 190 valence electrons. The summed E-state index contributed by atoms with van der Waals surface area (Å²) in [4.78, 5) is 17.0. The standard InChI is InChI=1S/C26H29N3O6S/c1-26(2,3)25(30)35-22-21-20(34-24(22)36-16-12-8-5-9-13-16)18(28-29-27)19-17(32-21)14-31-23(33-19)15-10-6-4-7-11-15/h4-13,17-24H,14H2,1-3H3/t17-,18-,19+,20-,21-,22-,23+,24-/m1/s1. The number of esters is 1. The number of carbonyl (C=O) groups excluding carboxylic acids is 1. The van der Waals surface area contributed by atoms with Crippen LogP contribution in [0.1, 0.15) is 32.6 Å². The van der Waals surface area contributed by atoms with Crippen molar-refractivity contribution in [3.8, 4) is 0 Å². The summed E-state index contributed by atoms with van der Waals surface area (Å²) in [6, 6.07) is 18.6. The van der Waals surface area contributed by atoms with Crippen LogP contribution in [-0.4, -0.2) is 54.6 Å². The lowest BCUT2D eigenvalue weighted by Gasteiger charge is -2.46. The summed E-state index contributed by atoms with van der Waals surface area (Å²) in [6.45, 7) is 5.64. The van der Waals surface area contributed by atoms with E-state index >= 15 is 0 Å². The number of benzene rings is 2. The van der Waals surface area contributed by atoms with Crippen LogP contribution in [0.3, 0.4) is 0 Å². The highest BCUT2D eigenvalue weighted by Crippen LogP contribution is 2.45. The first kappa shape index (κ1) is 25.1. The van der Waals surface area contributed by atoms with Crippen LogP contribution in [0.2, 0.25) is 0 Å². The van der Waals surface area contributed by atoms with Crippen LogP contribution in [0, 0.1) is 5.41 Å². The molecule has 2 aromatic rings. The van der Waals surface area contributed by atoms with E-state index in [1.54, 1.807) is 20.8 Å². The van der Waals surface area contributed by atoms with Crippen LogP contribution < -0.4 is 0 Å². The van der Waals surface area contributed by atoms with Gasteiger partial charge in [0.25, 0.3) is 0 Å². The molecule has 9 nitrogen and oxygen atoms in total. The maximum Gasteiger partial charge on any atom is 0.311 e. The Morgan fingerprint density at radius 3 is 2.36 bits per heavy atom. The summed E-state index contributed by atoms with van der Waals surface area (Å²) in [6.07, 6.45) is -3.72. The molecule has 3 aliphatic heterocycles. The Bertz CT molecular complexity index is 1110. The zero-order valence-corrected chi connectivity index (χ0v) is 21.1. The van der Waals surface area contributed by atoms with E-state index in [-0.39, 0.29) is 12.6 Å². The molecule has 0 radical (unpaired) electrons. The maximum absolute atomic E-state index is 12.9. The van der Waals surface area contributed by atoms with Crippen LogP contribution in [-0.2, 0) is 28.5 Å². The second-order valence-corrected chi connectivity index (χ2v) is 11.2. The van der Waals surface area contributed by atoms with Crippen molar-refractivity contribution in [2.45, 2.75) is 74.0 Å². The van der Waals surface area contributed by atoms with Gasteiger partial charge in [0.2, 0.25) is 0 Å². The summed E-state index contributed by atoms with van der Waals surface area (Å²) in [5.41, 5.74) is 9.01. The van der Waals surface area contributed by atoms with E-state index < -0.39 is 53.7 Å². The fourth-order valence-electron chi connectivity index (χ4n) is 4.56. The number of thioether (sulfide) groups is 1. The van der Waals surface area contributed by atoms with Gasteiger partial charge in [0.1, 0.15) is 29.9 Å². The Morgan fingerprint density at radius 2 is 1.69 bits per heavy atom. The number of carbonyl (C=O) groups is 1. The first-order chi connectivity index (χ1) is 17.3. The molecule has 3 saturated heterocycles. The third-order valence-electron chi connectivity index (χ3n) is 6.38. The third kappa shape index (κ3) is 5.11. The highest BCUT2D eigenvalue weighted by atomic mass is 32.2. The molecular formula is C26H29N3O6S. The van der Waals surface area contributed by atoms with Gasteiger partial charge in [0.15, 0.2) is 12.4 Å². The van der Waals surface area contributed by atoms with Crippen molar-refractivity contribution in [3.05, 3.63) is 76.7 Å². The number of fused-ring (bicyclic) bond motifs is 2. The number of hydrogen-bond donors (Lipinski definition) is 0. The molecule has 0 saturated carbocycles. The molecule has 10 heteroatoms. The van der Waals surface area contributed by atoms with Gasteiger partial charge in [-0.25, -0.2) is 0 Å². The molecule has 0 bridgehead atoms. The molecule has 3 fully saturated rings. The van der Waals surface area contributed by atoms with Crippen molar-refractivity contribution in [2.24, 2.45) is 10.5 Å². The van der Waals surface area contributed by atoms with E-state index in [9.17, 15) is 10.3 Å². The molecule has 8 atom stereocenters. The van der Waals surface area contributed by atoms with Gasteiger partial charge < -0.3 is 23.7 Å². The van der Waals surface area contributed by atoms with E-state index in [0.29, 0.717) is 0 Å². The monoisotopic (exact) mass is 511 g/mol. The molecule has 0 unspecified atom stereocenters. The predicted octanol–water partition coefficient (Wildman–Crippen LogP) is 5.02. The zero-order valence-electron chi connectivity index (χ0n) is 20.3. The van der Waals surface area contributed by atoms with Crippen LogP contribution in [0.4, 0.5) is 0 Å². The predicted molar refractivity (Wildman–Crippen MR) is 132 cm³/mol. The van der Waals surface area contributed by atoms with Gasteiger partial charge in [-0.05, 0) is 38.4 Å². The summed E-state index contributed by atoms with van der Waals surface area (Å²) < 4.78 is 31.1. The molecule has 36 heavy (non-hydrogen) atoms. The Hall–Kier alpha value is -2.59. The van der Waals surface area contributed by atoms with Gasteiger partial charge in [0, 0.05) is 15.4 Å². The van der Waals surface area contributed by atoms with E-state index in [1.807, 2.05) is 60.7 Å². The molecule has 2 aromatic carbocycles. The molecule has 0 spiro atoms. The van der Waals surface area contributed by atoms with Crippen LogP contribution >= 0.6 is 11.8 Å². The first-order valence-electron chi connectivity index (χ1n) is 11.9. The molecule has 0 amide bonds. The van der Waals surface area contributed by atoms with E-state index in [2.05, 4.69) is 10.0 Å². The zero-order chi connectivity index (χ0) is 25.3. The lowest BCUT2D eigenvalue weighted by atomic mass is 9.91. The van der Waals surface area contributed by atoms with E-state index in [1.165, 1.54) is 11.8 Å². The summed E-state index contributed by atoms with van der Waals surface area (Å²) in [5.74, 6) is -0.359. The highest BCUT2D eigenvalue weighted by Gasteiger charge is 2.59. The Morgan fingerprint density at radius 1 is 1.00 bits per heavy atom. The van der Waals surface area contributed by atoms with Crippen molar-refractivity contribution < 1.29 is 28.5 Å². The van der Waals surface area contributed by atoms with Crippen molar-refractivity contribution in [3.63, 3.8) is 0 Å². The first-order valence-corrected chi connectivity index (χ1v) is 12.8. The van der Waals surface area contributed by atoms with Gasteiger partial charge in [-0.1, -0.05) is 65.4 Å². The number of rotatable bonds is 5. The lowest BCUT2D eigenvalue weighted by molar-refractivity contribution is -0.305. The Balaban J connectivity index is 1.43. The lowest BCUT2D eigenvalue weighted by Crippen LogP contribution is -2.61. The highest BCUT2D eigenvalue weighted by molar-refractivity contribution is 7.99. The molecule has 0 aromatic heterocycles. The van der Waals surface area contributed by atoms with E-state index in [4.69, 9.17) is 23.7 Å². The molecule has 5 rings (SSSR count). The average molecular weight is 512 g/mol. The quantitative estimate of drug-likeness (QED) is 0.240. The number of nitrogens with zero attached hydrogens (tertiary/aromatic N) is 3. The Labute approximate surface area is 214 Å². The van der Waals surface area contributed by atoms with Crippen LogP contribution in [0.5, 0.6) is 0 Å². The fraction of sp³-hybridized carbons (Fsp3) is 0.500. The second-order valence-electron chi connectivity index (χ2n) is 10.0. The summed E-state index contributed by atoms with van der Waals surface area (Å²) >= 11 is 1.44. The number of ether oxygens (including phenoxy) is 5. The minimum atomic E-state index is -0.712. The van der Waals surface area contributed by atoms with E-state index in [0.717, 1.165) is 10.5 Å². The maximum atomic E-state index is 12.9. The molecular weight excluding hydrogens is 482 g/mol. The molecule has 0 N–H and O–H groups in total. The van der Waals surface area contributed by atoms with Crippen molar-refractivity contribution in [1.82, 2.24) is 0 Å². The summed E-state index contributed by atoms with van der Waals surface area (Å²) in [5, 5.41) is 4.09. The SMILES string of the molecule is CC(C)(C)C(=O)O[C@@H]1[C@@H]2O[C@@H]3CO[C@H](c4ccccc4)O[C@@H]3[C@@H](N=[N+]=[N-])[C@H]2O[C@@H]1Sc1ccccc1. The minimum absolute atomic E-state index is 0.237. The third-order valence-corrected chi connectivity index (χ3v) is 7.53. The van der Waals surface area contributed by atoms with Gasteiger partial charge in [-0.2, -0.15) is 0 Å². The molecule has 3 aliphatic rings. The van der Waals surface area contributed by atoms with Gasteiger partial charge >= 0.3 is 5.97 Å². The summed E-state index contributed by atoms with van der Waals surface area (Å²) in [7, 11) is 0. The molecule has 3 heterocycles. The van der Waals surface area contributed by atoms with Crippen LogP contribution in [0.25, 0.3) is 10.4 Å². The smallest absolute Gasteiger partial charge is 0.311 e. The second kappa shape index (κ2) is 10.4.